The van der Waals surface area contributed by atoms with Crippen LogP contribution in [0, 0.1) is 11.6 Å². The number of hydrogen-bond acceptors (Lipinski definition) is 21. The minimum absolute atomic E-state index is 0.0283. The van der Waals surface area contributed by atoms with Crippen molar-refractivity contribution in [1.29, 1.82) is 0 Å². The molecule has 2 atom stereocenters. The lowest BCUT2D eigenvalue weighted by molar-refractivity contribution is -0.159. The van der Waals surface area contributed by atoms with Crippen LogP contribution in [0.2, 0.25) is 5.02 Å². The van der Waals surface area contributed by atoms with Gasteiger partial charge in [-0.15, -0.1) is 0 Å². The molecule has 27 heteroatoms. The molecule has 3 aliphatic rings. The second kappa shape index (κ2) is 32.2. The average molecular weight is 1450 g/mol. The van der Waals surface area contributed by atoms with Crippen LogP contribution in [0.1, 0.15) is 47.5 Å². The largest absolute Gasteiger partial charge is 0.508 e. The van der Waals surface area contributed by atoms with E-state index in [-0.39, 0.29) is 63.3 Å². The number of fused-ring (bicyclic) bond motifs is 5. The van der Waals surface area contributed by atoms with Crippen molar-refractivity contribution in [2.24, 2.45) is 0 Å². The van der Waals surface area contributed by atoms with Crippen LogP contribution in [0.25, 0.3) is 87.6 Å². The van der Waals surface area contributed by atoms with Gasteiger partial charge in [-0.1, -0.05) is 98.3 Å². The predicted molar refractivity (Wildman–Crippen MR) is 398 cm³/mol. The van der Waals surface area contributed by atoms with Crippen molar-refractivity contribution in [3.05, 3.63) is 169 Å². The Labute approximate surface area is 607 Å². The van der Waals surface area contributed by atoms with Crippen LogP contribution < -0.4 is 24.2 Å². The number of carbonyl (C=O) groups excluding carboxylic acids is 3. The Bertz CT molecular complexity index is 4850. The molecule has 0 spiro atoms. The number of aliphatic hydroxyl groups excluding tert-OH is 2. The molecular weight excluding hydrogens is 1370 g/mol. The molecule has 7 N–H and O–H groups in total. The fraction of sp³-hybridized carbons (Fsp3) is 0.295. The quantitative estimate of drug-likeness (QED) is 0.0370. The zero-order valence-electron chi connectivity index (χ0n) is 58.3. The minimum Gasteiger partial charge on any atom is -0.508 e. The maximum atomic E-state index is 15.4. The summed E-state index contributed by atoms with van der Waals surface area (Å²) in [6.45, 7) is 15.1. The van der Waals surface area contributed by atoms with Gasteiger partial charge in [-0.05, 0) is 150 Å². The van der Waals surface area contributed by atoms with Crippen molar-refractivity contribution in [2.75, 3.05) is 93.2 Å². The van der Waals surface area contributed by atoms with Crippen LogP contribution in [0.3, 0.4) is 0 Å². The third-order valence-corrected chi connectivity index (χ3v) is 19.2. The minimum atomic E-state index is -2.01. The van der Waals surface area contributed by atoms with Gasteiger partial charge in [-0.2, -0.15) is 19.9 Å². The Kier molecular flexibility index (Phi) is 22.6. The first-order chi connectivity index (χ1) is 50.6. The number of nitrogens with zero attached hydrogens (tertiary/aromatic N) is 12. The lowest BCUT2D eigenvalue weighted by Crippen LogP contribution is -2.51. The number of phenolic OH excluding ortho intramolecular Hbond substituents is 3. The third kappa shape index (κ3) is 16.1. The van der Waals surface area contributed by atoms with Gasteiger partial charge in [0.25, 0.3) is 11.8 Å². The molecule has 105 heavy (non-hydrogen) atoms. The standard InChI is InChI=1S/2C28H30N4O5.C22H19ClF2N4O2/c2*1-3-17(2)37-28-29-24-15-19(23-16-20(33)14-18-6-4-5-7-21(18)23)8-9-22(24)25(30-28)31-10-12-32(13-11-31)26(34)27(35)36;1-2-4-17(31)28-7-9-29(10-8-28)22-13-11-14(23)18(20(25)21(13)26-12-27-22)19-15(24)5-3-6-16(19)30/h2*4-9,14-17,27,33,35-36H,3,10-13H2,1-2H3;2-6,11-12,30H,7-10H2,1H3/b;;4-2+/t2*17-;/m11./s1. The zero-order chi connectivity index (χ0) is 74.3. The molecule has 544 valence electrons. The Hall–Kier alpha value is -11.2. The van der Waals surface area contributed by atoms with Gasteiger partial charge in [0.05, 0.1) is 33.8 Å². The number of carbonyl (C=O) groups is 3. The van der Waals surface area contributed by atoms with E-state index < -0.39 is 41.8 Å². The van der Waals surface area contributed by atoms with Gasteiger partial charge >= 0.3 is 12.0 Å². The fourth-order valence-corrected chi connectivity index (χ4v) is 13.3. The molecule has 24 nitrogen and oxygen atoms in total. The van der Waals surface area contributed by atoms with Crippen LogP contribution in [-0.2, 0) is 14.4 Å². The number of phenols is 3. The van der Waals surface area contributed by atoms with E-state index in [0.717, 1.165) is 73.5 Å². The van der Waals surface area contributed by atoms with Crippen molar-refractivity contribution in [3.63, 3.8) is 0 Å². The summed E-state index contributed by atoms with van der Waals surface area (Å²) >= 11 is 6.35. The second-order valence-electron chi connectivity index (χ2n) is 25.7. The number of amides is 3. The van der Waals surface area contributed by atoms with Crippen molar-refractivity contribution < 1.29 is 68.4 Å². The summed E-state index contributed by atoms with van der Waals surface area (Å²) in [4.78, 5) is 73.9. The number of aromatic nitrogens is 6. The van der Waals surface area contributed by atoms with E-state index in [4.69, 9.17) is 41.0 Å². The highest BCUT2D eigenvalue weighted by molar-refractivity contribution is 6.34. The number of allylic oxidation sites excluding steroid dienone is 1. The van der Waals surface area contributed by atoms with Gasteiger partial charge in [0.1, 0.15) is 52.4 Å². The molecule has 14 rings (SSSR count). The van der Waals surface area contributed by atoms with E-state index in [1.54, 1.807) is 42.2 Å². The summed E-state index contributed by atoms with van der Waals surface area (Å²) in [5.41, 5.74) is 4.43. The van der Waals surface area contributed by atoms with Crippen molar-refractivity contribution in [1.82, 2.24) is 44.6 Å². The first-order valence-electron chi connectivity index (χ1n) is 34.6. The molecule has 0 aliphatic carbocycles. The molecule has 0 unspecified atom stereocenters. The molecule has 3 saturated heterocycles. The summed E-state index contributed by atoms with van der Waals surface area (Å²) in [5, 5.41) is 73.7. The van der Waals surface area contributed by atoms with Gasteiger partial charge < -0.3 is 74.6 Å². The summed E-state index contributed by atoms with van der Waals surface area (Å²) in [5.74, 6) is -1.24. The van der Waals surface area contributed by atoms with Crippen LogP contribution in [0.15, 0.2) is 152 Å². The van der Waals surface area contributed by atoms with Gasteiger partial charge in [0.15, 0.2) is 5.82 Å². The van der Waals surface area contributed by atoms with Gasteiger partial charge in [0, 0.05) is 100 Å². The molecule has 8 aromatic carbocycles. The molecular formula is C78H79ClF2N12O12. The van der Waals surface area contributed by atoms with Crippen LogP contribution >= 0.6 is 11.6 Å². The highest BCUT2D eigenvalue weighted by Gasteiger charge is 2.31. The van der Waals surface area contributed by atoms with Gasteiger partial charge in [0.2, 0.25) is 18.5 Å². The van der Waals surface area contributed by atoms with Crippen LogP contribution in [-0.4, -0.2) is 201 Å². The summed E-state index contributed by atoms with van der Waals surface area (Å²) in [7, 11) is 0. The topological polar surface area (TPSA) is 308 Å². The van der Waals surface area contributed by atoms with Gasteiger partial charge in [-0.25, -0.2) is 18.7 Å². The number of hydrogen-bond donors (Lipinski definition) is 7. The Morgan fingerprint density at radius 3 is 1.42 bits per heavy atom. The van der Waals surface area contributed by atoms with Crippen molar-refractivity contribution in [2.45, 2.75) is 72.2 Å². The molecule has 6 heterocycles. The van der Waals surface area contributed by atoms with E-state index in [1.807, 2.05) is 118 Å². The number of halogens is 3. The molecule has 0 saturated carbocycles. The first-order valence-corrected chi connectivity index (χ1v) is 35.0. The highest BCUT2D eigenvalue weighted by atomic mass is 35.5. The van der Waals surface area contributed by atoms with Crippen molar-refractivity contribution in [3.8, 4) is 62.7 Å². The molecule has 3 aliphatic heterocycles. The summed E-state index contributed by atoms with van der Waals surface area (Å²) < 4.78 is 41.8. The fourth-order valence-electron chi connectivity index (χ4n) is 13.0. The van der Waals surface area contributed by atoms with Crippen LogP contribution in [0.4, 0.5) is 26.2 Å². The molecule has 3 fully saturated rings. The number of benzene rings is 8. The number of piperazine rings is 3. The monoisotopic (exact) mass is 1450 g/mol. The first kappa shape index (κ1) is 73.6. The average Bonchev–Trinajstić information content (AvgIpc) is 0.766. The Morgan fingerprint density at radius 1 is 0.514 bits per heavy atom. The Morgan fingerprint density at radius 2 is 0.971 bits per heavy atom. The molecule has 0 bridgehead atoms. The van der Waals surface area contributed by atoms with E-state index >= 15 is 4.39 Å². The highest BCUT2D eigenvalue weighted by Crippen LogP contribution is 2.43. The predicted octanol–water partition coefficient (Wildman–Crippen LogP) is 10.7. The summed E-state index contributed by atoms with van der Waals surface area (Å²) in [6, 6.07) is 40.5. The van der Waals surface area contributed by atoms with E-state index in [2.05, 4.69) is 19.8 Å². The second-order valence-corrected chi connectivity index (χ2v) is 26.1. The maximum absolute atomic E-state index is 15.4. The number of aromatic hydroxyl groups is 3. The SMILES string of the molecule is C/C=C/C(=O)N1CCN(c2ncnc3c(F)c(-c4c(O)cccc4F)c(Cl)cc23)CC1.CC[C@@H](C)Oc1nc(N2CCN(C(=O)C(O)O)CC2)c2ccc(-c3cc(O)cc4ccccc34)cc2n1.CC[C@@H](C)Oc1nc(N2CCN(C(=O)C(O)O)CC2)c2ccc(-c3cc(O)cc4ccccc34)cc2n1. The number of anilines is 3. The molecule has 3 aromatic heterocycles. The number of ether oxygens (including phenoxy) is 2. The Balaban J connectivity index is 0.000000149. The molecule has 0 radical (unpaired) electrons. The molecule has 11 aromatic rings. The smallest absolute Gasteiger partial charge is 0.319 e. The lowest BCUT2D eigenvalue weighted by Gasteiger charge is -2.36. The summed E-state index contributed by atoms with van der Waals surface area (Å²) in [6.07, 6.45) is 1.91. The number of aliphatic hydroxyl groups is 4. The van der Waals surface area contributed by atoms with Crippen molar-refractivity contribution >= 4 is 101 Å². The third-order valence-electron chi connectivity index (χ3n) is 18.9. The van der Waals surface area contributed by atoms with Gasteiger partial charge in [-0.3, -0.25) is 14.4 Å². The molecule has 3 amide bonds. The van der Waals surface area contributed by atoms with E-state index in [0.29, 0.717) is 112 Å². The van der Waals surface area contributed by atoms with E-state index in [1.165, 1.54) is 40.4 Å². The zero-order valence-corrected chi connectivity index (χ0v) is 59.1. The maximum Gasteiger partial charge on any atom is 0.319 e. The van der Waals surface area contributed by atoms with E-state index in [9.17, 15) is 54.5 Å². The lowest BCUT2D eigenvalue weighted by atomic mass is 9.97. The number of rotatable bonds is 15. The van der Waals surface area contributed by atoms with Crippen LogP contribution in [0.5, 0.6) is 29.3 Å². The normalized spacial score (nSPS) is 14.8.